The van der Waals surface area contributed by atoms with E-state index in [0.717, 1.165) is 37.1 Å². The van der Waals surface area contributed by atoms with Gasteiger partial charge in [0.2, 0.25) is 0 Å². The third-order valence-corrected chi connectivity index (χ3v) is 6.39. The highest BCUT2D eigenvalue weighted by Crippen LogP contribution is 2.40. The van der Waals surface area contributed by atoms with Gasteiger partial charge in [-0.15, -0.1) is 0 Å². The molecule has 1 N–H and O–H groups in total. The van der Waals surface area contributed by atoms with E-state index in [1.165, 1.54) is 19.4 Å². The Bertz CT molecular complexity index is 663. The van der Waals surface area contributed by atoms with Crippen LogP contribution in [0.3, 0.4) is 0 Å². The predicted octanol–water partition coefficient (Wildman–Crippen LogP) is 3.48. The lowest BCUT2D eigenvalue weighted by Crippen LogP contribution is -2.51. The van der Waals surface area contributed by atoms with Crippen molar-refractivity contribution in [2.45, 2.75) is 43.4 Å². The van der Waals surface area contributed by atoms with Crippen LogP contribution in [0.1, 0.15) is 36.8 Å². The molecule has 4 rings (SSSR count). The summed E-state index contributed by atoms with van der Waals surface area (Å²) < 4.78 is 0. The van der Waals surface area contributed by atoms with E-state index in [-0.39, 0.29) is 6.04 Å². The summed E-state index contributed by atoms with van der Waals surface area (Å²) in [6, 6.07) is 21.2. The predicted molar refractivity (Wildman–Crippen MR) is 106 cm³/mol. The normalized spacial score (nSPS) is 25.0. The minimum absolute atomic E-state index is 0.126. The number of hydrogen-bond donors (Lipinski definition) is 1. The molecule has 0 aromatic heterocycles. The van der Waals surface area contributed by atoms with E-state index < -0.39 is 5.60 Å². The van der Waals surface area contributed by atoms with Gasteiger partial charge >= 0.3 is 0 Å². The van der Waals surface area contributed by atoms with Gasteiger partial charge in [0.25, 0.3) is 0 Å². The van der Waals surface area contributed by atoms with E-state index in [9.17, 15) is 5.11 Å². The number of hydrogen-bond acceptors (Lipinski definition) is 3. The number of benzene rings is 2. The summed E-state index contributed by atoms with van der Waals surface area (Å²) in [6.07, 6.45) is 4.76. The molecular weight excluding hydrogens is 320 g/mol. The van der Waals surface area contributed by atoms with Crippen molar-refractivity contribution in [3.05, 3.63) is 71.8 Å². The molecular formula is C23H30N2O. The third-order valence-electron chi connectivity index (χ3n) is 6.39. The van der Waals surface area contributed by atoms with Crippen molar-refractivity contribution in [3.63, 3.8) is 0 Å². The van der Waals surface area contributed by atoms with Crippen LogP contribution in [0.25, 0.3) is 0 Å². The van der Waals surface area contributed by atoms with E-state index in [1.54, 1.807) is 0 Å². The van der Waals surface area contributed by atoms with Gasteiger partial charge in [-0.1, -0.05) is 60.7 Å². The van der Waals surface area contributed by atoms with Gasteiger partial charge in [-0.25, -0.2) is 0 Å². The fourth-order valence-electron chi connectivity index (χ4n) is 4.93. The summed E-state index contributed by atoms with van der Waals surface area (Å²) >= 11 is 0. The van der Waals surface area contributed by atoms with Crippen LogP contribution in [0.4, 0.5) is 0 Å². The Morgan fingerprint density at radius 3 is 2.00 bits per heavy atom. The molecule has 2 aliphatic heterocycles. The van der Waals surface area contributed by atoms with Crippen molar-refractivity contribution in [2.24, 2.45) is 0 Å². The van der Waals surface area contributed by atoms with Crippen LogP contribution in [0.15, 0.2) is 60.7 Å². The summed E-state index contributed by atoms with van der Waals surface area (Å²) in [4.78, 5) is 5.03. The van der Waals surface area contributed by atoms with E-state index in [2.05, 4.69) is 41.1 Å². The van der Waals surface area contributed by atoms with Crippen LogP contribution in [0.5, 0.6) is 0 Å². The molecule has 0 amide bonds. The number of likely N-dealkylation sites (tertiary alicyclic amines) is 2. The number of rotatable bonds is 5. The first-order valence-corrected chi connectivity index (χ1v) is 9.97. The van der Waals surface area contributed by atoms with E-state index in [0.29, 0.717) is 6.04 Å². The summed E-state index contributed by atoms with van der Waals surface area (Å²) in [6.45, 7) is 3.34. The second-order valence-corrected chi connectivity index (χ2v) is 7.93. The molecule has 0 bridgehead atoms. The van der Waals surface area contributed by atoms with Gasteiger partial charge in [0.05, 0.1) is 0 Å². The topological polar surface area (TPSA) is 26.7 Å². The molecule has 2 aromatic carbocycles. The fourth-order valence-corrected chi connectivity index (χ4v) is 4.93. The zero-order valence-corrected chi connectivity index (χ0v) is 15.7. The van der Waals surface area contributed by atoms with Crippen LogP contribution < -0.4 is 0 Å². The smallest absolute Gasteiger partial charge is 0.130 e. The zero-order valence-electron chi connectivity index (χ0n) is 15.7. The van der Waals surface area contributed by atoms with Crippen molar-refractivity contribution in [2.75, 3.05) is 26.7 Å². The Morgan fingerprint density at radius 1 is 0.885 bits per heavy atom. The Balaban J connectivity index is 1.69. The molecule has 2 fully saturated rings. The standard InChI is InChI=1S/C23H30N2O/c1-24-16-8-14-21(24)18-25-17-9-15-22(25)23(26,19-10-4-2-5-11-19)20-12-6-3-7-13-20/h2-7,10-13,21-22,26H,8-9,14-18H2,1H3/t21-,22+/m0/s1. The first-order valence-electron chi connectivity index (χ1n) is 9.97. The number of likely N-dealkylation sites (N-methyl/N-ethyl adjacent to an activating group) is 1. The highest BCUT2D eigenvalue weighted by atomic mass is 16.3. The lowest BCUT2D eigenvalue weighted by Gasteiger charge is -2.41. The molecule has 2 atom stereocenters. The molecule has 0 unspecified atom stereocenters. The van der Waals surface area contributed by atoms with Crippen molar-refractivity contribution >= 4 is 0 Å². The molecule has 3 nitrogen and oxygen atoms in total. The van der Waals surface area contributed by atoms with Crippen molar-refractivity contribution in [1.29, 1.82) is 0 Å². The van der Waals surface area contributed by atoms with Crippen LogP contribution in [-0.4, -0.2) is 53.7 Å². The molecule has 0 radical (unpaired) electrons. The Morgan fingerprint density at radius 2 is 1.46 bits per heavy atom. The SMILES string of the molecule is CN1CCC[C@H]1CN1CCC[C@@H]1C(O)(c1ccccc1)c1ccccc1. The van der Waals surface area contributed by atoms with Crippen molar-refractivity contribution in [1.82, 2.24) is 9.80 Å². The molecule has 26 heavy (non-hydrogen) atoms. The lowest BCUT2D eigenvalue weighted by atomic mass is 9.79. The number of aliphatic hydroxyl groups is 1. The zero-order chi connectivity index (χ0) is 18.0. The highest BCUT2D eigenvalue weighted by Gasteiger charge is 2.46. The molecule has 0 saturated carbocycles. The molecule has 2 heterocycles. The maximum atomic E-state index is 12.1. The summed E-state index contributed by atoms with van der Waals surface area (Å²) in [5.41, 5.74) is 1.04. The van der Waals surface area contributed by atoms with E-state index in [1.807, 2.05) is 36.4 Å². The molecule has 3 heteroatoms. The fraction of sp³-hybridized carbons (Fsp3) is 0.478. The first-order chi connectivity index (χ1) is 12.7. The van der Waals surface area contributed by atoms with Crippen LogP contribution in [-0.2, 0) is 5.60 Å². The van der Waals surface area contributed by atoms with Gasteiger partial charge in [0, 0.05) is 18.6 Å². The average molecular weight is 351 g/mol. The monoisotopic (exact) mass is 350 g/mol. The molecule has 2 aliphatic rings. The van der Waals surface area contributed by atoms with Gasteiger partial charge < -0.3 is 10.0 Å². The maximum absolute atomic E-state index is 12.1. The minimum atomic E-state index is -0.962. The third kappa shape index (κ3) is 3.20. The summed E-state index contributed by atoms with van der Waals surface area (Å²) in [7, 11) is 2.24. The maximum Gasteiger partial charge on any atom is 0.130 e. The van der Waals surface area contributed by atoms with E-state index in [4.69, 9.17) is 0 Å². The average Bonchev–Trinajstić information content (AvgIpc) is 3.32. The van der Waals surface area contributed by atoms with Gasteiger partial charge in [-0.2, -0.15) is 0 Å². The van der Waals surface area contributed by atoms with Crippen LogP contribution in [0.2, 0.25) is 0 Å². The van der Waals surface area contributed by atoms with Crippen molar-refractivity contribution < 1.29 is 5.11 Å². The first kappa shape index (κ1) is 17.7. The molecule has 138 valence electrons. The van der Waals surface area contributed by atoms with Crippen molar-refractivity contribution in [3.8, 4) is 0 Å². The van der Waals surface area contributed by atoms with Gasteiger partial charge in [-0.05, 0) is 56.9 Å². The Kier molecular flexibility index (Phi) is 5.12. The summed E-state index contributed by atoms with van der Waals surface area (Å²) in [5, 5.41) is 12.1. The van der Waals surface area contributed by atoms with Crippen LogP contribution in [0, 0.1) is 0 Å². The quantitative estimate of drug-likeness (QED) is 0.894. The van der Waals surface area contributed by atoms with E-state index >= 15 is 0 Å². The molecule has 0 aliphatic carbocycles. The summed E-state index contributed by atoms with van der Waals surface area (Å²) in [5.74, 6) is 0. The number of nitrogens with zero attached hydrogens (tertiary/aromatic N) is 2. The van der Waals surface area contributed by atoms with Crippen LogP contribution >= 0.6 is 0 Å². The molecule has 2 saturated heterocycles. The second-order valence-electron chi connectivity index (χ2n) is 7.93. The Labute approximate surface area is 157 Å². The second kappa shape index (κ2) is 7.51. The van der Waals surface area contributed by atoms with Gasteiger partial charge in [-0.3, -0.25) is 4.90 Å². The van der Waals surface area contributed by atoms with Gasteiger partial charge in [0.1, 0.15) is 5.60 Å². The minimum Gasteiger partial charge on any atom is -0.379 e. The molecule has 2 aromatic rings. The highest BCUT2D eigenvalue weighted by molar-refractivity contribution is 5.38. The lowest BCUT2D eigenvalue weighted by molar-refractivity contribution is -0.00939. The largest absolute Gasteiger partial charge is 0.379 e. The molecule has 0 spiro atoms. The van der Waals surface area contributed by atoms with Gasteiger partial charge in [0.15, 0.2) is 0 Å². The Hall–Kier alpha value is -1.68.